The van der Waals surface area contributed by atoms with E-state index in [1.807, 2.05) is 12.4 Å². The number of piperidine rings is 2. The number of aromatic nitrogens is 5. The van der Waals surface area contributed by atoms with Crippen molar-refractivity contribution in [1.29, 1.82) is 0 Å². The Morgan fingerprint density at radius 2 is 1.78 bits per heavy atom. The van der Waals surface area contributed by atoms with Crippen molar-refractivity contribution in [3.63, 3.8) is 0 Å². The summed E-state index contributed by atoms with van der Waals surface area (Å²) < 4.78 is 0. The SMILES string of the molecule is C/C=C(\c1c[nH]c(-c2n[nH]c3ccc(-c4cncc(CN5CCCCC5)c4)nc23)c1)N1CCCCC1. The first-order chi connectivity index (χ1) is 17.8. The van der Waals surface area contributed by atoms with Gasteiger partial charge in [-0.25, -0.2) is 4.98 Å². The number of fused-ring (bicyclic) bond motifs is 1. The minimum atomic E-state index is 0.852. The third-order valence-corrected chi connectivity index (χ3v) is 7.56. The van der Waals surface area contributed by atoms with E-state index in [2.05, 4.69) is 73.4 Å². The van der Waals surface area contributed by atoms with Crippen LogP contribution in [0.3, 0.4) is 0 Å². The zero-order valence-electron chi connectivity index (χ0n) is 21.1. The standard InChI is InChI=1S/C29H35N7/c1-2-27(36-13-7-4-8-14-36)23-16-26(31-19-23)29-28-25(33-34-29)10-9-24(32-28)22-15-21(17-30-18-22)20-35-11-5-3-6-12-35/h2,9-10,15-19,31H,3-8,11-14,20H2,1H3,(H,33,34)/b27-2+. The van der Waals surface area contributed by atoms with Crippen LogP contribution in [0.1, 0.15) is 56.6 Å². The van der Waals surface area contributed by atoms with E-state index in [9.17, 15) is 0 Å². The van der Waals surface area contributed by atoms with Crippen LogP contribution in [0.25, 0.3) is 39.4 Å². The molecular formula is C29H35N7. The minimum Gasteiger partial charge on any atom is -0.371 e. The van der Waals surface area contributed by atoms with Gasteiger partial charge in [0, 0.05) is 55.0 Å². The largest absolute Gasteiger partial charge is 0.371 e. The Kier molecular flexibility index (Phi) is 6.55. The van der Waals surface area contributed by atoms with Crippen molar-refractivity contribution < 1.29 is 0 Å². The number of aromatic amines is 2. The van der Waals surface area contributed by atoms with Crippen molar-refractivity contribution in [3.05, 3.63) is 60.1 Å². The highest BCUT2D eigenvalue weighted by Crippen LogP contribution is 2.31. The van der Waals surface area contributed by atoms with Gasteiger partial charge in [0.05, 0.1) is 16.9 Å². The quantitative estimate of drug-likeness (QED) is 0.361. The van der Waals surface area contributed by atoms with Gasteiger partial charge in [-0.2, -0.15) is 5.10 Å². The van der Waals surface area contributed by atoms with E-state index in [1.54, 1.807) is 0 Å². The van der Waals surface area contributed by atoms with Gasteiger partial charge in [-0.15, -0.1) is 0 Å². The van der Waals surface area contributed by atoms with Gasteiger partial charge in [-0.3, -0.25) is 15.0 Å². The zero-order valence-corrected chi connectivity index (χ0v) is 21.1. The fourth-order valence-electron chi connectivity index (χ4n) is 5.68. The first-order valence-electron chi connectivity index (χ1n) is 13.4. The molecule has 0 spiro atoms. The Morgan fingerprint density at radius 3 is 2.58 bits per heavy atom. The smallest absolute Gasteiger partial charge is 0.135 e. The second-order valence-electron chi connectivity index (χ2n) is 10.1. The van der Waals surface area contributed by atoms with E-state index in [0.29, 0.717) is 0 Å². The molecule has 0 amide bonds. The summed E-state index contributed by atoms with van der Waals surface area (Å²) in [5.41, 5.74) is 9.36. The Balaban J connectivity index is 1.28. The maximum atomic E-state index is 5.04. The molecule has 36 heavy (non-hydrogen) atoms. The predicted octanol–water partition coefficient (Wildman–Crippen LogP) is 5.85. The summed E-state index contributed by atoms with van der Waals surface area (Å²) in [6.07, 6.45) is 16.0. The number of H-pyrrole nitrogens is 2. The van der Waals surface area contributed by atoms with Crippen LogP contribution in [0.2, 0.25) is 0 Å². The summed E-state index contributed by atoms with van der Waals surface area (Å²) in [5.74, 6) is 0. The highest BCUT2D eigenvalue weighted by atomic mass is 15.1. The molecule has 7 heteroatoms. The number of hydrogen-bond donors (Lipinski definition) is 2. The Morgan fingerprint density at radius 1 is 0.972 bits per heavy atom. The normalized spacial score (nSPS) is 17.7. The first-order valence-corrected chi connectivity index (χ1v) is 13.4. The van der Waals surface area contributed by atoms with Crippen LogP contribution in [0.15, 0.2) is 48.9 Å². The highest BCUT2D eigenvalue weighted by molar-refractivity contribution is 5.90. The molecule has 2 fully saturated rings. The molecule has 4 aromatic heterocycles. The third-order valence-electron chi connectivity index (χ3n) is 7.56. The molecule has 0 atom stereocenters. The van der Waals surface area contributed by atoms with Crippen LogP contribution < -0.4 is 0 Å². The summed E-state index contributed by atoms with van der Waals surface area (Å²) in [6, 6.07) is 8.56. The van der Waals surface area contributed by atoms with E-state index in [4.69, 9.17) is 4.98 Å². The van der Waals surface area contributed by atoms with Crippen molar-refractivity contribution in [2.75, 3.05) is 26.2 Å². The number of pyridine rings is 2. The number of nitrogens with zero attached hydrogens (tertiary/aromatic N) is 5. The zero-order chi connectivity index (χ0) is 24.3. The molecule has 2 saturated heterocycles. The summed E-state index contributed by atoms with van der Waals surface area (Å²) in [5, 5.41) is 7.80. The molecule has 0 unspecified atom stereocenters. The van der Waals surface area contributed by atoms with Crippen LogP contribution in [0, 0.1) is 0 Å². The van der Waals surface area contributed by atoms with Gasteiger partial charge >= 0.3 is 0 Å². The highest BCUT2D eigenvalue weighted by Gasteiger charge is 2.18. The van der Waals surface area contributed by atoms with E-state index in [-0.39, 0.29) is 0 Å². The monoisotopic (exact) mass is 481 g/mol. The molecule has 7 nitrogen and oxygen atoms in total. The molecule has 0 saturated carbocycles. The Hall–Kier alpha value is -3.45. The van der Waals surface area contributed by atoms with Gasteiger partial charge in [-0.05, 0) is 81.9 Å². The number of likely N-dealkylation sites (tertiary alicyclic amines) is 2. The van der Waals surface area contributed by atoms with Crippen molar-refractivity contribution in [3.8, 4) is 22.6 Å². The van der Waals surface area contributed by atoms with Crippen molar-refractivity contribution >= 4 is 16.7 Å². The fraction of sp³-hybridized carbons (Fsp3) is 0.414. The van der Waals surface area contributed by atoms with Crippen LogP contribution in [-0.2, 0) is 6.54 Å². The van der Waals surface area contributed by atoms with E-state index in [1.165, 1.54) is 68.4 Å². The molecule has 4 aromatic rings. The molecule has 2 aliphatic rings. The lowest BCUT2D eigenvalue weighted by molar-refractivity contribution is 0.220. The summed E-state index contributed by atoms with van der Waals surface area (Å²) >= 11 is 0. The maximum Gasteiger partial charge on any atom is 0.135 e. The summed E-state index contributed by atoms with van der Waals surface area (Å²) in [4.78, 5) is 18.1. The van der Waals surface area contributed by atoms with Crippen LogP contribution in [0.4, 0.5) is 0 Å². The van der Waals surface area contributed by atoms with Gasteiger partial charge < -0.3 is 9.88 Å². The van der Waals surface area contributed by atoms with E-state index < -0.39 is 0 Å². The second kappa shape index (κ2) is 10.3. The number of allylic oxidation sites excluding steroid dienone is 1. The van der Waals surface area contributed by atoms with Gasteiger partial charge in [0.25, 0.3) is 0 Å². The lowest BCUT2D eigenvalue weighted by Crippen LogP contribution is -2.29. The number of rotatable bonds is 6. The lowest BCUT2D eigenvalue weighted by atomic mass is 10.1. The number of nitrogens with one attached hydrogen (secondary N) is 2. The number of hydrogen-bond acceptors (Lipinski definition) is 5. The molecular weight excluding hydrogens is 446 g/mol. The molecule has 0 aromatic carbocycles. The van der Waals surface area contributed by atoms with Crippen LogP contribution >= 0.6 is 0 Å². The topological polar surface area (TPSA) is 76.7 Å². The van der Waals surface area contributed by atoms with Crippen molar-refractivity contribution in [1.82, 2.24) is 34.9 Å². The van der Waals surface area contributed by atoms with Crippen molar-refractivity contribution in [2.24, 2.45) is 0 Å². The first kappa shape index (κ1) is 23.0. The third kappa shape index (κ3) is 4.67. The van der Waals surface area contributed by atoms with Gasteiger partial charge in [-0.1, -0.05) is 12.5 Å². The minimum absolute atomic E-state index is 0.852. The molecule has 6 rings (SSSR count). The van der Waals surface area contributed by atoms with Gasteiger partial charge in [0.15, 0.2) is 0 Å². The maximum absolute atomic E-state index is 5.04. The average molecular weight is 482 g/mol. The Labute approximate surface area is 212 Å². The van der Waals surface area contributed by atoms with Crippen LogP contribution in [-0.4, -0.2) is 61.1 Å². The fourth-order valence-corrected chi connectivity index (χ4v) is 5.68. The predicted molar refractivity (Wildman–Crippen MR) is 145 cm³/mol. The molecule has 186 valence electrons. The molecule has 2 N–H and O–H groups in total. The van der Waals surface area contributed by atoms with E-state index in [0.717, 1.165) is 53.3 Å². The molecule has 0 radical (unpaired) electrons. The molecule has 0 aliphatic carbocycles. The summed E-state index contributed by atoms with van der Waals surface area (Å²) in [7, 11) is 0. The van der Waals surface area contributed by atoms with Gasteiger partial charge in [0.1, 0.15) is 11.2 Å². The van der Waals surface area contributed by atoms with E-state index >= 15 is 0 Å². The summed E-state index contributed by atoms with van der Waals surface area (Å²) in [6.45, 7) is 7.69. The second-order valence-corrected chi connectivity index (χ2v) is 10.1. The molecule has 0 bridgehead atoms. The Bertz CT molecular complexity index is 1350. The lowest BCUT2D eigenvalue weighted by Gasteiger charge is -2.30. The van der Waals surface area contributed by atoms with Crippen molar-refractivity contribution in [2.45, 2.75) is 52.0 Å². The molecule has 6 heterocycles. The van der Waals surface area contributed by atoms with Gasteiger partial charge in [0.2, 0.25) is 0 Å². The molecule has 2 aliphatic heterocycles. The van der Waals surface area contributed by atoms with Crippen LogP contribution in [0.5, 0.6) is 0 Å². The average Bonchev–Trinajstić information content (AvgIpc) is 3.57.